The number of anilines is 1. The molecule has 0 spiro atoms. The summed E-state index contributed by atoms with van der Waals surface area (Å²) in [6, 6.07) is 2.47. The molecular formula is C6H4BrF3N2O2S. The van der Waals surface area contributed by atoms with Gasteiger partial charge in [-0.3, -0.25) is 4.72 Å². The molecule has 0 atom stereocenters. The lowest BCUT2D eigenvalue weighted by Gasteiger charge is -2.09. The van der Waals surface area contributed by atoms with E-state index in [1.165, 1.54) is 10.8 Å². The first-order valence-corrected chi connectivity index (χ1v) is 5.70. The molecule has 84 valence electrons. The molecule has 1 aromatic heterocycles. The molecule has 0 aromatic carbocycles. The number of alkyl halides is 3. The first-order valence-electron chi connectivity index (χ1n) is 3.43. The van der Waals surface area contributed by atoms with E-state index < -0.39 is 15.5 Å². The maximum atomic E-state index is 11.9. The maximum absolute atomic E-state index is 11.9. The standard InChI is InChI=1S/C6H4BrF3N2O2S/c7-5-2-1-4(3-11-5)12-15(13,14)6(8,9)10/h1-3,12H. The molecule has 0 unspecified atom stereocenters. The van der Waals surface area contributed by atoms with Crippen molar-refractivity contribution in [3.8, 4) is 0 Å². The van der Waals surface area contributed by atoms with Gasteiger partial charge in [0.2, 0.25) is 0 Å². The topological polar surface area (TPSA) is 59.1 Å². The van der Waals surface area contributed by atoms with Gasteiger partial charge in [-0.15, -0.1) is 0 Å². The normalized spacial score (nSPS) is 12.5. The highest BCUT2D eigenvalue weighted by molar-refractivity contribution is 9.10. The summed E-state index contributed by atoms with van der Waals surface area (Å²) in [5, 5.41) is 0. The first kappa shape index (κ1) is 12.2. The van der Waals surface area contributed by atoms with E-state index in [4.69, 9.17) is 0 Å². The van der Waals surface area contributed by atoms with Gasteiger partial charge in [-0.1, -0.05) is 0 Å². The molecule has 1 N–H and O–H groups in total. The molecular weight excluding hydrogens is 301 g/mol. The molecule has 0 aliphatic rings. The highest BCUT2D eigenvalue weighted by atomic mass is 79.9. The number of sulfonamides is 1. The zero-order valence-corrected chi connectivity index (χ0v) is 9.32. The van der Waals surface area contributed by atoms with E-state index in [2.05, 4.69) is 20.9 Å². The summed E-state index contributed by atoms with van der Waals surface area (Å²) in [7, 11) is -5.37. The van der Waals surface area contributed by atoms with Gasteiger partial charge < -0.3 is 0 Å². The van der Waals surface area contributed by atoms with Crippen LogP contribution in [0.3, 0.4) is 0 Å². The summed E-state index contributed by atoms with van der Waals surface area (Å²) < 4.78 is 58.8. The smallest absolute Gasteiger partial charge is 0.274 e. The number of pyridine rings is 1. The Bertz CT molecular complexity index is 442. The van der Waals surface area contributed by atoms with Gasteiger partial charge in [0.1, 0.15) is 4.60 Å². The Hall–Kier alpha value is -0.830. The minimum Gasteiger partial charge on any atom is -0.274 e. The average Bonchev–Trinajstić information content (AvgIpc) is 2.06. The van der Waals surface area contributed by atoms with Crippen LogP contribution in [0.4, 0.5) is 18.9 Å². The van der Waals surface area contributed by atoms with E-state index in [1.807, 2.05) is 0 Å². The van der Waals surface area contributed by atoms with E-state index >= 15 is 0 Å². The van der Waals surface area contributed by atoms with Crippen LogP contribution in [-0.2, 0) is 10.0 Å². The molecule has 0 aliphatic heterocycles. The number of rotatable bonds is 2. The predicted molar refractivity (Wildman–Crippen MR) is 50.5 cm³/mol. The molecule has 9 heteroatoms. The zero-order valence-electron chi connectivity index (χ0n) is 6.92. The van der Waals surface area contributed by atoms with Crippen molar-refractivity contribution in [1.29, 1.82) is 0 Å². The fraction of sp³-hybridized carbons (Fsp3) is 0.167. The van der Waals surface area contributed by atoms with Crippen LogP contribution in [0.15, 0.2) is 22.9 Å². The van der Waals surface area contributed by atoms with Crippen LogP contribution in [0.1, 0.15) is 0 Å². The van der Waals surface area contributed by atoms with Crippen molar-refractivity contribution >= 4 is 31.6 Å². The Balaban J connectivity index is 2.93. The third-order valence-corrected chi connectivity index (χ3v) is 2.87. The van der Waals surface area contributed by atoms with Gasteiger partial charge in [0.05, 0.1) is 11.9 Å². The molecule has 0 fully saturated rings. The van der Waals surface area contributed by atoms with E-state index in [0.717, 1.165) is 12.3 Å². The number of halogens is 4. The number of hydrogen-bond acceptors (Lipinski definition) is 3. The monoisotopic (exact) mass is 304 g/mol. The van der Waals surface area contributed by atoms with Gasteiger partial charge in [-0.05, 0) is 28.1 Å². The SMILES string of the molecule is O=S(=O)(Nc1ccc(Br)nc1)C(F)(F)F. The van der Waals surface area contributed by atoms with Crippen LogP contribution < -0.4 is 4.72 Å². The molecule has 4 nitrogen and oxygen atoms in total. The minimum atomic E-state index is -5.37. The second-order valence-corrected chi connectivity index (χ2v) is 4.91. The van der Waals surface area contributed by atoms with Crippen LogP contribution >= 0.6 is 15.9 Å². The Morgan fingerprint density at radius 1 is 1.33 bits per heavy atom. The Morgan fingerprint density at radius 2 is 1.93 bits per heavy atom. The Morgan fingerprint density at radius 3 is 2.33 bits per heavy atom. The second-order valence-electron chi connectivity index (χ2n) is 2.42. The molecule has 0 aliphatic carbocycles. The minimum absolute atomic E-state index is 0.254. The summed E-state index contributed by atoms with van der Waals surface area (Å²) in [4.78, 5) is 3.57. The zero-order chi connectivity index (χ0) is 11.7. The van der Waals surface area contributed by atoms with Crippen LogP contribution in [0.25, 0.3) is 0 Å². The van der Waals surface area contributed by atoms with Gasteiger partial charge in [0, 0.05) is 0 Å². The molecule has 0 amide bonds. The molecule has 0 radical (unpaired) electrons. The van der Waals surface area contributed by atoms with Crippen molar-refractivity contribution in [1.82, 2.24) is 4.98 Å². The predicted octanol–water partition coefficient (Wildman–Crippen LogP) is 2.11. The van der Waals surface area contributed by atoms with Crippen LogP contribution in [0.2, 0.25) is 0 Å². The molecule has 15 heavy (non-hydrogen) atoms. The fourth-order valence-electron chi connectivity index (χ4n) is 0.649. The van der Waals surface area contributed by atoms with Crippen molar-refractivity contribution in [2.75, 3.05) is 4.72 Å². The van der Waals surface area contributed by atoms with Crippen molar-refractivity contribution in [2.45, 2.75) is 5.51 Å². The van der Waals surface area contributed by atoms with Gasteiger partial charge in [0.25, 0.3) is 0 Å². The number of hydrogen-bond donors (Lipinski definition) is 1. The number of nitrogens with zero attached hydrogens (tertiary/aromatic N) is 1. The maximum Gasteiger partial charge on any atom is 0.516 e. The lowest BCUT2D eigenvalue weighted by molar-refractivity contribution is -0.0429. The van der Waals surface area contributed by atoms with Crippen LogP contribution in [0, 0.1) is 0 Å². The number of nitrogens with one attached hydrogen (secondary N) is 1. The van der Waals surface area contributed by atoms with Crippen molar-refractivity contribution in [3.63, 3.8) is 0 Å². The second kappa shape index (κ2) is 3.97. The summed E-state index contributed by atoms with van der Waals surface area (Å²) in [6.45, 7) is 0. The molecule has 1 aromatic rings. The molecule has 0 saturated heterocycles. The Labute approximate surface area is 91.7 Å². The fourth-order valence-corrected chi connectivity index (χ4v) is 1.43. The van der Waals surface area contributed by atoms with Crippen LogP contribution in [-0.4, -0.2) is 18.9 Å². The lowest BCUT2D eigenvalue weighted by atomic mass is 10.4. The van der Waals surface area contributed by atoms with Gasteiger partial charge >= 0.3 is 15.5 Å². The molecule has 1 rings (SSSR count). The summed E-state index contributed by atoms with van der Waals surface area (Å²) in [5.74, 6) is 0. The van der Waals surface area contributed by atoms with Gasteiger partial charge in [-0.2, -0.15) is 21.6 Å². The highest BCUT2D eigenvalue weighted by Crippen LogP contribution is 2.25. The summed E-state index contributed by atoms with van der Waals surface area (Å²) >= 11 is 2.95. The highest BCUT2D eigenvalue weighted by Gasteiger charge is 2.46. The van der Waals surface area contributed by atoms with Crippen molar-refractivity contribution in [3.05, 3.63) is 22.9 Å². The third kappa shape index (κ3) is 3.06. The van der Waals surface area contributed by atoms with E-state index in [0.29, 0.717) is 4.60 Å². The quantitative estimate of drug-likeness (QED) is 0.851. The van der Waals surface area contributed by atoms with Crippen LogP contribution in [0.5, 0.6) is 0 Å². The van der Waals surface area contributed by atoms with Gasteiger partial charge in [0.15, 0.2) is 0 Å². The third-order valence-electron chi connectivity index (χ3n) is 1.28. The summed E-state index contributed by atoms with van der Waals surface area (Å²) in [6.07, 6.45) is 0.966. The lowest BCUT2D eigenvalue weighted by Crippen LogP contribution is -2.29. The first-order chi connectivity index (χ1) is 6.72. The van der Waals surface area contributed by atoms with E-state index in [1.54, 1.807) is 0 Å². The largest absolute Gasteiger partial charge is 0.516 e. The average molecular weight is 305 g/mol. The van der Waals surface area contributed by atoms with E-state index in [9.17, 15) is 21.6 Å². The molecule has 0 saturated carbocycles. The van der Waals surface area contributed by atoms with E-state index in [-0.39, 0.29) is 5.69 Å². The summed E-state index contributed by atoms with van der Waals surface area (Å²) in [5.41, 5.74) is -5.59. The Kier molecular flexibility index (Phi) is 3.24. The number of aromatic nitrogens is 1. The van der Waals surface area contributed by atoms with Crippen molar-refractivity contribution < 1.29 is 21.6 Å². The van der Waals surface area contributed by atoms with Gasteiger partial charge in [-0.25, -0.2) is 4.98 Å². The van der Waals surface area contributed by atoms with Crippen molar-refractivity contribution in [2.24, 2.45) is 0 Å². The molecule has 0 bridgehead atoms. The molecule has 1 heterocycles.